The molecule has 0 fully saturated rings. The van der Waals surface area contributed by atoms with Crippen molar-refractivity contribution in [1.82, 2.24) is 0 Å². The smallest absolute Gasteiger partial charge is 0.216 e. The van der Waals surface area contributed by atoms with Crippen LogP contribution in [0.3, 0.4) is 0 Å². The molecule has 0 bridgehead atoms. The van der Waals surface area contributed by atoms with Gasteiger partial charge in [0.1, 0.15) is 18.2 Å². The van der Waals surface area contributed by atoms with Crippen LogP contribution in [0.4, 0.5) is 0 Å². The first kappa shape index (κ1) is 16.3. The van der Waals surface area contributed by atoms with Crippen molar-refractivity contribution in [1.29, 1.82) is 0 Å². The van der Waals surface area contributed by atoms with Gasteiger partial charge in [0.15, 0.2) is 6.20 Å². The van der Waals surface area contributed by atoms with Crippen LogP contribution in [0.1, 0.15) is 41.6 Å². The molecule has 164 valence electrons. The molecule has 2 aromatic heterocycles. The van der Waals surface area contributed by atoms with Crippen LogP contribution in [0.25, 0.3) is 44.3 Å². The van der Waals surface area contributed by atoms with Crippen LogP contribution in [-0.2, 0) is 19.8 Å². The lowest BCUT2D eigenvalue weighted by atomic mass is 9.90. The molecule has 0 saturated carbocycles. The summed E-state index contributed by atoms with van der Waals surface area (Å²) < 4.78 is 43.8. The lowest BCUT2D eigenvalue weighted by Crippen LogP contribution is -2.30. The molecule has 0 aliphatic heterocycles. The summed E-state index contributed by atoms with van der Waals surface area (Å²) in [5, 5.41) is 2.10. The Morgan fingerprint density at radius 2 is 1.70 bits per heavy atom. The Kier molecular flexibility index (Phi) is 3.47. The topological polar surface area (TPSA) is 17.0 Å². The third-order valence-electron chi connectivity index (χ3n) is 6.70. The molecule has 2 nitrogen and oxygen atoms in total. The van der Waals surface area contributed by atoms with Crippen LogP contribution in [-0.4, -0.2) is 0 Å². The third kappa shape index (κ3) is 3.12. The molecule has 2 heterocycles. The minimum atomic E-state index is -1.81. The van der Waals surface area contributed by atoms with Crippen molar-refractivity contribution in [2.45, 2.75) is 40.4 Å². The number of pyridine rings is 1. The number of furan rings is 1. The first-order valence-corrected chi connectivity index (χ1v) is 11.4. The quantitative estimate of drug-likeness (QED) is 0.262. The molecular weight excluding hydrogens is 402 g/mol. The summed E-state index contributed by atoms with van der Waals surface area (Å²) in [5.41, 5.74) is 7.36. The highest BCUT2D eigenvalue weighted by molar-refractivity contribution is 6.14. The minimum Gasteiger partial charge on any atom is -0.454 e. The zero-order chi connectivity index (χ0) is 26.5. The van der Waals surface area contributed by atoms with Crippen LogP contribution in [0.2, 0.25) is 0 Å². The van der Waals surface area contributed by atoms with Gasteiger partial charge >= 0.3 is 0 Å². The number of nitrogens with zero attached hydrogens (tertiary/aromatic N) is 1. The predicted molar refractivity (Wildman–Crippen MR) is 136 cm³/mol. The highest BCUT2D eigenvalue weighted by atomic mass is 16.3. The fourth-order valence-corrected chi connectivity index (χ4v) is 5.29. The molecule has 6 rings (SSSR count). The van der Waals surface area contributed by atoms with Crippen LogP contribution in [0.5, 0.6) is 0 Å². The summed E-state index contributed by atoms with van der Waals surface area (Å²) in [6.45, 7) is 7.56. The normalized spacial score (nSPS) is 19.7. The SMILES string of the molecule is [2H]C1([2H])c2ccc(-c3cccc4c3oc3c(-c5cccc[n+]5C)c(C)cc(C)c34)cc2C([2H])([2H])C1(C)C. The van der Waals surface area contributed by atoms with Gasteiger partial charge in [-0.2, -0.15) is 0 Å². The number of benzene rings is 3. The largest absolute Gasteiger partial charge is 0.454 e. The first-order valence-electron chi connectivity index (χ1n) is 13.4. The van der Waals surface area contributed by atoms with E-state index in [4.69, 9.17) is 9.90 Å². The van der Waals surface area contributed by atoms with Crippen molar-refractivity contribution in [2.24, 2.45) is 12.5 Å². The summed E-state index contributed by atoms with van der Waals surface area (Å²) in [6, 6.07) is 19.9. The molecule has 0 atom stereocenters. The second kappa shape index (κ2) is 7.05. The van der Waals surface area contributed by atoms with Crippen LogP contribution in [0, 0.1) is 19.3 Å². The average molecular weight is 437 g/mol. The summed E-state index contributed by atoms with van der Waals surface area (Å²) >= 11 is 0. The van der Waals surface area contributed by atoms with Gasteiger partial charge in [0, 0.05) is 34.0 Å². The monoisotopic (exact) mass is 436 g/mol. The van der Waals surface area contributed by atoms with E-state index in [-0.39, 0.29) is 0 Å². The number of para-hydroxylation sites is 1. The Hall–Kier alpha value is -3.39. The van der Waals surface area contributed by atoms with Crippen LogP contribution >= 0.6 is 0 Å². The van der Waals surface area contributed by atoms with Crippen molar-refractivity contribution in [3.05, 3.63) is 89.1 Å². The average Bonchev–Trinajstić information content (AvgIpc) is 3.28. The molecule has 0 amide bonds. The highest BCUT2D eigenvalue weighted by Crippen LogP contribution is 2.43. The van der Waals surface area contributed by atoms with Gasteiger partial charge in [-0.05, 0) is 65.9 Å². The molecule has 2 heteroatoms. The van der Waals surface area contributed by atoms with Crippen molar-refractivity contribution in [3.8, 4) is 22.4 Å². The fraction of sp³-hybridized carbons (Fsp3) is 0.258. The van der Waals surface area contributed by atoms with Gasteiger partial charge in [-0.1, -0.05) is 56.3 Å². The zero-order valence-corrected chi connectivity index (χ0v) is 19.7. The maximum atomic E-state index is 8.83. The molecule has 1 aliphatic rings. The number of hydrogen-bond acceptors (Lipinski definition) is 1. The number of aromatic nitrogens is 1. The van der Waals surface area contributed by atoms with Gasteiger partial charge in [-0.3, -0.25) is 0 Å². The van der Waals surface area contributed by atoms with Crippen molar-refractivity contribution in [3.63, 3.8) is 0 Å². The summed E-state index contributed by atoms with van der Waals surface area (Å²) in [7, 11) is 2.03. The van der Waals surface area contributed by atoms with Crippen LogP contribution < -0.4 is 4.57 Å². The molecule has 0 saturated heterocycles. The molecule has 0 unspecified atom stereocenters. The molecule has 0 radical (unpaired) electrons. The summed E-state index contributed by atoms with van der Waals surface area (Å²) in [4.78, 5) is 0. The van der Waals surface area contributed by atoms with E-state index >= 15 is 0 Å². The molecule has 1 aliphatic carbocycles. The zero-order valence-electron chi connectivity index (χ0n) is 23.7. The Morgan fingerprint density at radius 3 is 2.52 bits per heavy atom. The van der Waals surface area contributed by atoms with Gasteiger partial charge in [0.2, 0.25) is 5.69 Å². The first-order chi connectivity index (χ1) is 17.4. The van der Waals surface area contributed by atoms with E-state index in [1.54, 1.807) is 19.9 Å². The van der Waals surface area contributed by atoms with Gasteiger partial charge in [-0.15, -0.1) is 0 Å². The van der Waals surface area contributed by atoms with Crippen molar-refractivity contribution >= 4 is 21.9 Å². The number of fused-ring (bicyclic) bond motifs is 4. The van der Waals surface area contributed by atoms with Crippen molar-refractivity contribution < 1.29 is 14.5 Å². The summed E-state index contributed by atoms with van der Waals surface area (Å²) in [6.07, 6.45) is -1.55. The van der Waals surface area contributed by atoms with E-state index in [0.717, 1.165) is 55.4 Å². The molecule has 0 N–H and O–H groups in total. The van der Waals surface area contributed by atoms with Crippen molar-refractivity contribution in [2.75, 3.05) is 0 Å². The van der Waals surface area contributed by atoms with Gasteiger partial charge < -0.3 is 4.42 Å². The number of hydrogen-bond donors (Lipinski definition) is 0. The minimum absolute atomic E-state index is 0.414. The predicted octanol–water partition coefficient (Wildman–Crippen LogP) is 7.49. The van der Waals surface area contributed by atoms with Gasteiger partial charge in [0.05, 0.1) is 5.56 Å². The lowest BCUT2D eigenvalue weighted by Gasteiger charge is -2.14. The second-order valence-electron chi connectivity index (χ2n) is 9.71. The summed E-state index contributed by atoms with van der Waals surface area (Å²) in [5.74, 6) is 0. The van der Waals surface area contributed by atoms with Gasteiger partial charge in [0.25, 0.3) is 0 Å². The Balaban J connectivity index is 1.65. The Labute approximate surface area is 201 Å². The molecule has 33 heavy (non-hydrogen) atoms. The fourth-order valence-electron chi connectivity index (χ4n) is 5.29. The van der Waals surface area contributed by atoms with Gasteiger partial charge in [-0.25, -0.2) is 4.57 Å². The standard InChI is InChI=1S/C31H30NO/c1-19-15-20(2)28(26-11-6-7-14-32(26)5)30-27(19)25-10-8-9-24(29(25)33-30)21-12-13-22-17-31(3,4)18-23(22)16-21/h6-16H,17-18H2,1-5H3/q+1/i17D2,18D2. The lowest BCUT2D eigenvalue weighted by molar-refractivity contribution is -0.660. The van der Waals surface area contributed by atoms with E-state index in [9.17, 15) is 0 Å². The maximum Gasteiger partial charge on any atom is 0.216 e. The third-order valence-corrected chi connectivity index (χ3v) is 6.70. The Bertz CT molecular complexity index is 1750. The molecule has 3 aromatic carbocycles. The Morgan fingerprint density at radius 1 is 0.879 bits per heavy atom. The molecule has 0 spiro atoms. The highest BCUT2D eigenvalue weighted by Gasteiger charge is 2.29. The van der Waals surface area contributed by atoms with E-state index < -0.39 is 18.2 Å². The second-order valence-corrected chi connectivity index (χ2v) is 9.71. The number of rotatable bonds is 2. The van der Waals surface area contributed by atoms with E-state index in [0.29, 0.717) is 11.1 Å². The van der Waals surface area contributed by atoms with E-state index in [2.05, 4.69) is 36.6 Å². The number of aryl methyl sites for hydroxylation is 3. The van der Waals surface area contributed by atoms with E-state index in [1.165, 1.54) is 0 Å². The molecular formula is C31H30NO+. The van der Waals surface area contributed by atoms with E-state index in [1.807, 2.05) is 49.6 Å². The maximum absolute atomic E-state index is 8.83. The van der Waals surface area contributed by atoms with Crippen LogP contribution in [0.15, 0.2) is 71.3 Å². The molecule has 5 aromatic rings.